The van der Waals surface area contributed by atoms with Crippen molar-refractivity contribution in [1.29, 1.82) is 0 Å². The molecule has 1 fully saturated rings. The normalized spacial score (nSPS) is 16.6. The molecule has 0 aromatic heterocycles. The van der Waals surface area contributed by atoms with E-state index in [1.54, 1.807) is 0 Å². The van der Waals surface area contributed by atoms with Gasteiger partial charge < -0.3 is 14.9 Å². The average Bonchev–Trinajstić information content (AvgIpc) is 2.95. The number of methoxy groups -OCH3 is 1. The van der Waals surface area contributed by atoms with Gasteiger partial charge in [0.05, 0.1) is 12.7 Å². The predicted molar refractivity (Wildman–Crippen MR) is 57.8 cm³/mol. The van der Waals surface area contributed by atoms with Gasteiger partial charge in [-0.1, -0.05) is 0 Å². The van der Waals surface area contributed by atoms with Crippen LogP contribution in [0, 0.1) is 5.82 Å². The second kappa shape index (κ2) is 4.00. The van der Waals surface area contributed by atoms with Crippen LogP contribution in [0.3, 0.4) is 0 Å². The van der Waals surface area contributed by atoms with Crippen LogP contribution in [-0.2, 0) is 6.42 Å². The van der Waals surface area contributed by atoms with Crippen LogP contribution in [0.2, 0.25) is 0 Å². The van der Waals surface area contributed by atoms with Crippen molar-refractivity contribution >= 4 is 5.97 Å². The third-order valence-electron chi connectivity index (χ3n) is 2.90. The van der Waals surface area contributed by atoms with Crippen LogP contribution >= 0.6 is 0 Å². The molecule has 2 rings (SSSR count). The minimum absolute atomic E-state index is 0.216. The van der Waals surface area contributed by atoms with Crippen molar-refractivity contribution in [3.8, 4) is 5.75 Å². The number of hydrogen-bond acceptors (Lipinski definition) is 3. The van der Waals surface area contributed by atoms with E-state index in [1.807, 2.05) is 0 Å². The lowest BCUT2D eigenvalue weighted by Gasteiger charge is -2.11. The van der Waals surface area contributed by atoms with Crippen molar-refractivity contribution in [3.63, 3.8) is 0 Å². The van der Waals surface area contributed by atoms with Gasteiger partial charge in [-0.15, -0.1) is 0 Å². The molecule has 4 nitrogen and oxygen atoms in total. The number of benzene rings is 1. The Morgan fingerprint density at radius 1 is 1.53 bits per heavy atom. The van der Waals surface area contributed by atoms with E-state index in [0.29, 0.717) is 18.4 Å². The summed E-state index contributed by atoms with van der Waals surface area (Å²) in [4.78, 5) is 11.0. The first-order valence-corrected chi connectivity index (χ1v) is 5.27. The monoisotopic (exact) mass is 240 g/mol. The van der Waals surface area contributed by atoms with Crippen LogP contribution in [0.5, 0.6) is 5.75 Å². The molecule has 0 atom stereocenters. The van der Waals surface area contributed by atoms with E-state index in [1.165, 1.54) is 19.2 Å². The van der Waals surface area contributed by atoms with Crippen molar-refractivity contribution in [2.45, 2.75) is 24.9 Å². The Bertz CT molecular complexity index is 466. The molecular weight excluding hydrogens is 227 g/mol. The van der Waals surface area contributed by atoms with E-state index in [-0.39, 0.29) is 17.7 Å². The number of ether oxygens (including phenoxy) is 1. The van der Waals surface area contributed by atoms with E-state index >= 15 is 0 Å². The fraction of sp³-hybridized carbons (Fsp3) is 0.417. The zero-order valence-electron chi connectivity index (χ0n) is 9.36. The molecule has 0 heterocycles. The molecule has 0 unspecified atom stereocenters. The largest absolute Gasteiger partial charge is 0.493 e. The summed E-state index contributed by atoms with van der Waals surface area (Å²) < 4.78 is 18.3. The van der Waals surface area contributed by atoms with Gasteiger partial charge in [-0.3, -0.25) is 0 Å². The number of aromatic carboxylic acids is 1. The highest BCUT2D eigenvalue weighted by atomic mass is 19.1. The molecule has 0 spiro atoms. The minimum atomic E-state index is -1.25. The molecule has 1 saturated carbocycles. The number of carboxylic acid groups (broad SMARTS) is 1. The van der Waals surface area contributed by atoms with Gasteiger partial charge >= 0.3 is 5.97 Å². The topological polar surface area (TPSA) is 66.8 Å². The fourth-order valence-electron chi connectivity index (χ4n) is 1.82. The SMILES string of the molecule is COc1c(F)cc(CC2(O)CC2)cc1C(=O)O. The summed E-state index contributed by atoms with van der Waals surface area (Å²) in [6.07, 6.45) is 1.61. The number of aliphatic hydroxyl groups is 1. The van der Waals surface area contributed by atoms with E-state index in [2.05, 4.69) is 0 Å². The van der Waals surface area contributed by atoms with Gasteiger partial charge in [-0.2, -0.15) is 0 Å². The molecule has 2 N–H and O–H groups in total. The smallest absolute Gasteiger partial charge is 0.339 e. The van der Waals surface area contributed by atoms with Gasteiger partial charge in [-0.25, -0.2) is 9.18 Å². The molecule has 92 valence electrons. The maximum absolute atomic E-state index is 13.6. The van der Waals surface area contributed by atoms with Crippen molar-refractivity contribution < 1.29 is 24.1 Å². The third kappa shape index (κ3) is 2.39. The molecule has 1 aromatic rings. The predicted octanol–water partition coefficient (Wildman–Crippen LogP) is 1.60. The van der Waals surface area contributed by atoms with Gasteiger partial charge in [0.15, 0.2) is 11.6 Å². The summed E-state index contributed by atoms with van der Waals surface area (Å²) in [5, 5.41) is 18.7. The first-order chi connectivity index (χ1) is 7.95. The first kappa shape index (κ1) is 11.9. The Morgan fingerprint density at radius 2 is 2.18 bits per heavy atom. The molecule has 0 amide bonds. The summed E-state index contributed by atoms with van der Waals surface area (Å²) >= 11 is 0. The highest BCUT2D eigenvalue weighted by Crippen LogP contribution is 2.39. The number of hydrogen-bond donors (Lipinski definition) is 2. The Hall–Kier alpha value is -1.62. The Labute approximate surface area is 97.6 Å². The van der Waals surface area contributed by atoms with Crippen LogP contribution in [-0.4, -0.2) is 28.9 Å². The Balaban J connectivity index is 2.38. The number of halogens is 1. The van der Waals surface area contributed by atoms with Gasteiger partial charge in [-0.05, 0) is 30.5 Å². The number of carboxylic acids is 1. The third-order valence-corrected chi connectivity index (χ3v) is 2.90. The molecule has 0 bridgehead atoms. The first-order valence-electron chi connectivity index (χ1n) is 5.27. The molecule has 0 radical (unpaired) electrons. The second-order valence-electron chi connectivity index (χ2n) is 4.36. The van der Waals surface area contributed by atoms with E-state index < -0.39 is 17.4 Å². The van der Waals surface area contributed by atoms with Gasteiger partial charge in [0.25, 0.3) is 0 Å². The van der Waals surface area contributed by atoms with E-state index in [9.17, 15) is 14.3 Å². The van der Waals surface area contributed by atoms with Crippen molar-refractivity contribution in [3.05, 3.63) is 29.1 Å². The van der Waals surface area contributed by atoms with Crippen LogP contribution in [0.4, 0.5) is 4.39 Å². The zero-order chi connectivity index (χ0) is 12.6. The molecule has 1 aliphatic carbocycles. The molecule has 0 saturated heterocycles. The molecule has 17 heavy (non-hydrogen) atoms. The molecule has 5 heteroatoms. The minimum Gasteiger partial charge on any atom is -0.493 e. The molecule has 1 aromatic carbocycles. The molecule has 1 aliphatic rings. The Morgan fingerprint density at radius 3 is 2.65 bits per heavy atom. The van der Waals surface area contributed by atoms with Crippen molar-refractivity contribution in [2.24, 2.45) is 0 Å². The summed E-state index contributed by atoms with van der Waals surface area (Å²) in [5.74, 6) is -2.24. The fourth-order valence-corrected chi connectivity index (χ4v) is 1.82. The quantitative estimate of drug-likeness (QED) is 0.838. The van der Waals surface area contributed by atoms with Gasteiger partial charge in [0, 0.05) is 6.42 Å². The zero-order valence-corrected chi connectivity index (χ0v) is 9.36. The Kier molecular flexibility index (Phi) is 2.79. The highest BCUT2D eigenvalue weighted by molar-refractivity contribution is 5.91. The summed E-state index contributed by atoms with van der Waals surface area (Å²) in [5.41, 5.74) is -0.524. The van der Waals surface area contributed by atoms with Crippen LogP contribution in [0.15, 0.2) is 12.1 Å². The maximum Gasteiger partial charge on any atom is 0.339 e. The van der Waals surface area contributed by atoms with Crippen molar-refractivity contribution in [1.82, 2.24) is 0 Å². The second-order valence-corrected chi connectivity index (χ2v) is 4.36. The molecular formula is C12H13FO4. The lowest BCUT2D eigenvalue weighted by molar-refractivity contribution is 0.0691. The average molecular weight is 240 g/mol. The number of rotatable bonds is 4. The molecule has 0 aliphatic heterocycles. The lowest BCUT2D eigenvalue weighted by Crippen LogP contribution is -2.12. The van der Waals surface area contributed by atoms with Gasteiger partial charge in [0.1, 0.15) is 5.56 Å². The lowest BCUT2D eigenvalue weighted by atomic mass is 10.0. The highest BCUT2D eigenvalue weighted by Gasteiger charge is 2.40. The van der Waals surface area contributed by atoms with E-state index in [0.717, 1.165) is 0 Å². The van der Waals surface area contributed by atoms with Crippen LogP contribution < -0.4 is 4.74 Å². The van der Waals surface area contributed by atoms with Crippen LogP contribution in [0.1, 0.15) is 28.8 Å². The summed E-state index contributed by atoms with van der Waals surface area (Å²) in [6.45, 7) is 0. The summed E-state index contributed by atoms with van der Waals surface area (Å²) in [7, 11) is 1.22. The maximum atomic E-state index is 13.6. The van der Waals surface area contributed by atoms with E-state index in [4.69, 9.17) is 9.84 Å². The standard InChI is InChI=1S/C12H13FO4/c1-17-10-8(11(14)15)4-7(5-9(10)13)6-12(16)2-3-12/h4-5,16H,2-3,6H2,1H3,(H,14,15). The van der Waals surface area contributed by atoms with Crippen molar-refractivity contribution in [2.75, 3.05) is 7.11 Å². The summed E-state index contributed by atoms with van der Waals surface area (Å²) in [6, 6.07) is 2.56. The van der Waals surface area contributed by atoms with Gasteiger partial charge in [0.2, 0.25) is 0 Å². The number of carbonyl (C=O) groups is 1. The van der Waals surface area contributed by atoms with Crippen LogP contribution in [0.25, 0.3) is 0 Å².